The van der Waals surface area contributed by atoms with Crippen molar-refractivity contribution in [3.05, 3.63) is 0 Å². The molecule has 0 amide bonds. The quantitative estimate of drug-likeness (QED) is 0.0464. The SMILES string of the molecule is CCCCCCCCCCCCCCCCCCCCN(CCCCCCCCCCCCCCCCCCCC)C(CCCC)C(=O)[O-].[K+]. The average molecular weight is 730 g/mol. The van der Waals surface area contributed by atoms with E-state index >= 15 is 0 Å². The molecule has 0 bridgehead atoms. The minimum absolute atomic E-state index is 0. The largest absolute Gasteiger partial charge is 1.00 e. The first-order valence-corrected chi connectivity index (χ1v) is 23.1. The van der Waals surface area contributed by atoms with E-state index in [1.807, 2.05) is 0 Å². The van der Waals surface area contributed by atoms with Gasteiger partial charge in [0.25, 0.3) is 0 Å². The molecule has 0 spiro atoms. The van der Waals surface area contributed by atoms with Gasteiger partial charge in [-0.15, -0.1) is 0 Å². The van der Waals surface area contributed by atoms with Gasteiger partial charge in [0.2, 0.25) is 0 Å². The van der Waals surface area contributed by atoms with Gasteiger partial charge in [0.15, 0.2) is 0 Å². The van der Waals surface area contributed by atoms with E-state index in [9.17, 15) is 9.90 Å². The molecular formula is C46H92KNO2. The van der Waals surface area contributed by atoms with Crippen molar-refractivity contribution in [2.75, 3.05) is 13.1 Å². The molecular weight excluding hydrogens is 638 g/mol. The summed E-state index contributed by atoms with van der Waals surface area (Å²) in [6.45, 7) is 8.61. The van der Waals surface area contributed by atoms with E-state index in [-0.39, 0.29) is 51.4 Å². The fourth-order valence-electron chi connectivity index (χ4n) is 7.70. The van der Waals surface area contributed by atoms with Gasteiger partial charge in [-0.3, -0.25) is 4.90 Å². The Balaban J connectivity index is 0. The van der Waals surface area contributed by atoms with Crippen LogP contribution in [0.2, 0.25) is 0 Å². The van der Waals surface area contributed by atoms with Crippen LogP contribution < -0.4 is 56.5 Å². The topological polar surface area (TPSA) is 43.4 Å². The standard InChI is InChI=1S/C46H93NO2.K/c1-4-7-10-12-14-16-18-20-22-24-26-28-30-32-34-36-38-40-43-47(45(46(48)49)42-9-6-3)44-41-39-37-35-33-31-29-27-25-23-21-19-17-15-13-11-8-5-2;/h45H,4-44H2,1-3H3,(H,48,49);/q;+1/p-1. The van der Waals surface area contributed by atoms with Crippen LogP contribution >= 0.6 is 0 Å². The average Bonchev–Trinajstić information content (AvgIpc) is 3.10. The maximum atomic E-state index is 12.1. The zero-order chi connectivity index (χ0) is 35.7. The molecule has 1 atom stereocenters. The maximum absolute atomic E-state index is 12.1. The molecule has 0 aromatic heterocycles. The summed E-state index contributed by atoms with van der Waals surface area (Å²) >= 11 is 0. The molecule has 0 aromatic carbocycles. The Morgan fingerprint density at radius 2 is 0.560 bits per heavy atom. The van der Waals surface area contributed by atoms with Crippen LogP contribution in [-0.4, -0.2) is 30.0 Å². The third-order valence-corrected chi connectivity index (χ3v) is 11.1. The minimum atomic E-state index is -0.849. The van der Waals surface area contributed by atoms with Crippen LogP contribution in [0.15, 0.2) is 0 Å². The molecule has 1 unspecified atom stereocenters. The van der Waals surface area contributed by atoms with Crippen molar-refractivity contribution in [1.29, 1.82) is 0 Å². The molecule has 0 aliphatic carbocycles. The molecule has 0 saturated carbocycles. The van der Waals surface area contributed by atoms with E-state index in [4.69, 9.17) is 0 Å². The number of rotatable bonds is 43. The first kappa shape index (κ1) is 53.2. The number of carboxylic acid groups (broad SMARTS) is 1. The summed E-state index contributed by atoms with van der Waals surface area (Å²) in [6, 6.07) is -0.392. The van der Waals surface area contributed by atoms with Crippen molar-refractivity contribution in [1.82, 2.24) is 4.90 Å². The van der Waals surface area contributed by atoms with E-state index in [1.165, 1.54) is 218 Å². The predicted octanol–water partition coefficient (Wildman–Crippen LogP) is 11.7. The number of hydrogen-bond acceptors (Lipinski definition) is 3. The van der Waals surface area contributed by atoms with E-state index in [0.717, 1.165) is 45.2 Å². The number of hydrogen-bond donors (Lipinski definition) is 0. The fourth-order valence-corrected chi connectivity index (χ4v) is 7.70. The summed E-state index contributed by atoms with van der Waals surface area (Å²) in [5.74, 6) is -0.849. The first-order valence-electron chi connectivity index (χ1n) is 23.1. The molecule has 0 fully saturated rings. The first-order chi connectivity index (χ1) is 24.2. The molecule has 0 saturated heterocycles. The Kier molecular flexibility index (Phi) is 49.2. The summed E-state index contributed by atoms with van der Waals surface area (Å²) in [4.78, 5) is 14.4. The van der Waals surface area contributed by atoms with Gasteiger partial charge in [-0.1, -0.05) is 252 Å². The summed E-state index contributed by atoms with van der Waals surface area (Å²) in [6.07, 6.45) is 52.7. The summed E-state index contributed by atoms with van der Waals surface area (Å²) in [5.41, 5.74) is 0. The zero-order valence-corrected chi connectivity index (χ0v) is 38.5. The van der Waals surface area contributed by atoms with Gasteiger partial charge in [0.1, 0.15) is 0 Å². The van der Waals surface area contributed by atoms with Gasteiger partial charge < -0.3 is 9.90 Å². The van der Waals surface area contributed by atoms with Crippen LogP contribution in [0.1, 0.15) is 271 Å². The van der Waals surface area contributed by atoms with Crippen LogP contribution in [0.3, 0.4) is 0 Å². The second-order valence-electron chi connectivity index (χ2n) is 16.0. The molecule has 3 nitrogen and oxygen atoms in total. The van der Waals surface area contributed by atoms with Gasteiger partial charge in [0, 0.05) is 6.04 Å². The van der Waals surface area contributed by atoms with Crippen LogP contribution in [-0.2, 0) is 4.79 Å². The Bertz CT molecular complexity index is 589. The van der Waals surface area contributed by atoms with Gasteiger partial charge >= 0.3 is 51.4 Å². The molecule has 0 radical (unpaired) electrons. The normalized spacial score (nSPS) is 12.1. The van der Waals surface area contributed by atoms with E-state index < -0.39 is 12.0 Å². The Hall–Kier alpha value is 1.07. The van der Waals surface area contributed by atoms with Crippen LogP contribution in [0.25, 0.3) is 0 Å². The molecule has 0 rings (SSSR count). The maximum Gasteiger partial charge on any atom is 1.00 e. The van der Waals surface area contributed by atoms with Gasteiger partial charge in [-0.25, -0.2) is 0 Å². The van der Waals surface area contributed by atoms with E-state index in [2.05, 4.69) is 25.7 Å². The Morgan fingerprint density at radius 3 is 0.760 bits per heavy atom. The predicted molar refractivity (Wildman–Crippen MR) is 217 cm³/mol. The van der Waals surface area contributed by atoms with E-state index in [0.29, 0.717) is 0 Å². The van der Waals surface area contributed by atoms with Gasteiger partial charge in [-0.05, 0) is 32.4 Å². The zero-order valence-electron chi connectivity index (χ0n) is 35.3. The molecule has 0 aliphatic heterocycles. The molecule has 0 heterocycles. The number of carbonyl (C=O) groups excluding carboxylic acids is 1. The van der Waals surface area contributed by atoms with Gasteiger partial charge in [0.05, 0.1) is 5.97 Å². The second-order valence-corrected chi connectivity index (χ2v) is 16.0. The Morgan fingerprint density at radius 1 is 0.360 bits per heavy atom. The fraction of sp³-hybridized carbons (Fsp3) is 0.978. The van der Waals surface area contributed by atoms with Gasteiger partial charge in [-0.2, -0.15) is 0 Å². The van der Waals surface area contributed by atoms with Crippen molar-refractivity contribution in [2.45, 2.75) is 277 Å². The number of unbranched alkanes of at least 4 members (excludes halogenated alkanes) is 35. The molecule has 50 heavy (non-hydrogen) atoms. The minimum Gasteiger partial charge on any atom is -0.548 e. The number of aliphatic carboxylic acids is 1. The van der Waals surface area contributed by atoms with Crippen molar-refractivity contribution < 1.29 is 61.3 Å². The third kappa shape index (κ3) is 40.3. The molecule has 294 valence electrons. The van der Waals surface area contributed by atoms with E-state index in [1.54, 1.807) is 0 Å². The van der Waals surface area contributed by atoms with Crippen LogP contribution in [0.5, 0.6) is 0 Å². The third-order valence-electron chi connectivity index (χ3n) is 11.1. The number of carboxylic acids is 1. The second kappa shape index (κ2) is 46.2. The van der Waals surface area contributed by atoms with Crippen LogP contribution in [0.4, 0.5) is 0 Å². The Labute approximate surface area is 359 Å². The van der Waals surface area contributed by atoms with Crippen molar-refractivity contribution in [2.24, 2.45) is 0 Å². The van der Waals surface area contributed by atoms with Crippen molar-refractivity contribution >= 4 is 5.97 Å². The summed E-state index contributed by atoms with van der Waals surface area (Å²) < 4.78 is 0. The molecule has 0 aliphatic rings. The summed E-state index contributed by atoms with van der Waals surface area (Å²) in [7, 11) is 0. The monoisotopic (exact) mass is 730 g/mol. The smallest absolute Gasteiger partial charge is 0.548 e. The summed E-state index contributed by atoms with van der Waals surface area (Å²) in [5, 5.41) is 12.1. The number of carbonyl (C=O) groups is 1. The van der Waals surface area contributed by atoms with Crippen molar-refractivity contribution in [3.63, 3.8) is 0 Å². The molecule has 4 heteroatoms. The number of nitrogens with zero attached hydrogens (tertiary/aromatic N) is 1. The molecule has 0 N–H and O–H groups in total. The van der Waals surface area contributed by atoms with Crippen molar-refractivity contribution in [3.8, 4) is 0 Å². The molecule has 0 aromatic rings. The van der Waals surface area contributed by atoms with Crippen LogP contribution in [0, 0.1) is 0 Å².